The number of hydrogen-bond acceptors (Lipinski definition) is 2. The molecule has 0 atom stereocenters. The van der Waals surface area contributed by atoms with Gasteiger partial charge in [0.15, 0.2) is 0 Å². The van der Waals surface area contributed by atoms with Crippen LogP contribution in [0.5, 0.6) is 0 Å². The van der Waals surface area contributed by atoms with Crippen LogP contribution in [-0.4, -0.2) is 0 Å². The molecular weight excluding hydrogens is 659 g/mol. The number of hydrogen-bond donors (Lipinski definition) is 0. The summed E-state index contributed by atoms with van der Waals surface area (Å²) in [5, 5.41) is 2.65. The van der Waals surface area contributed by atoms with Gasteiger partial charge in [0.2, 0.25) is 0 Å². The third-order valence-corrected chi connectivity index (χ3v) is 12.2. The summed E-state index contributed by atoms with van der Waals surface area (Å²) in [6.45, 7) is 4.75. The first-order valence-electron chi connectivity index (χ1n) is 18.3. The first kappa shape index (κ1) is 31.5. The predicted molar refractivity (Wildman–Crippen MR) is 228 cm³/mol. The second-order valence-electron chi connectivity index (χ2n) is 14.6. The van der Waals surface area contributed by atoms with Crippen LogP contribution < -0.4 is 4.90 Å². The number of anilines is 3. The average Bonchev–Trinajstić information content (AvgIpc) is 3.70. The summed E-state index contributed by atoms with van der Waals surface area (Å²) in [7, 11) is 0. The van der Waals surface area contributed by atoms with E-state index in [4.69, 9.17) is 0 Å². The zero-order valence-corrected chi connectivity index (χ0v) is 30.6. The van der Waals surface area contributed by atoms with Crippen molar-refractivity contribution in [2.24, 2.45) is 0 Å². The van der Waals surface area contributed by atoms with Crippen LogP contribution in [0.2, 0.25) is 0 Å². The molecule has 0 radical (unpaired) electrons. The average molecular weight is 696 g/mol. The molecule has 252 valence electrons. The molecule has 1 heterocycles. The van der Waals surface area contributed by atoms with Gasteiger partial charge in [-0.15, -0.1) is 11.3 Å². The molecule has 0 N–H and O–H groups in total. The molecule has 1 nitrogen and oxygen atoms in total. The van der Waals surface area contributed by atoms with Gasteiger partial charge in [0.05, 0.1) is 0 Å². The van der Waals surface area contributed by atoms with E-state index >= 15 is 0 Å². The summed E-state index contributed by atoms with van der Waals surface area (Å²) in [6.07, 6.45) is 0. The van der Waals surface area contributed by atoms with Crippen LogP contribution in [0.1, 0.15) is 25.0 Å². The smallest absolute Gasteiger partial charge is 0.0471 e. The molecule has 9 aromatic rings. The van der Waals surface area contributed by atoms with Crippen LogP contribution in [0.15, 0.2) is 188 Å². The topological polar surface area (TPSA) is 3.24 Å². The van der Waals surface area contributed by atoms with Gasteiger partial charge >= 0.3 is 0 Å². The first-order chi connectivity index (χ1) is 26.0. The van der Waals surface area contributed by atoms with E-state index in [2.05, 4.69) is 207 Å². The maximum atomic E-state index is 2.44. The van der Waals surface area contributed by atoms with E-state index < -0.39 is 0 Å². The van der Waals surface area contributed by atoms with Gasteiger partial charge in [-0.05, 0) is 110 Å². The summed E-state index contributed by atoms with van der Waals surface area (Å²) in [5.74, 6) is 0. The maximum absolute atomic E-state index is 2.44. The van der Waals surface area contributed by atoms with Gasteiger partial charge in [0.25, 0.3) is 0 Å². The second-order valence-corrected chi connectivity index (χ2v) is 15.6. The zero-order chi connectivity index (χ0) is 35.5. The number of rotatable bonds is 6. The van der Waals surface area contributed by atoms with Gasteiger partial charge in [-0.2, -0.15) is 0 Å². The highest BCUT2D eigenvalue weighted by Crippen LogP contribution is 2.54. The molecule has 53 heavy (non-hydrogen) atoms. The third-order valence-electron chi connectivity index (χ3n) is 11.1. The van der Waals surface area contributed by atoms with Crippen LogP contribution in [0.4, 0.5) is 17.1 Å². The SMILES string of the molecule is CC1(C)c2ccccc2-c2c(-c3ccccc3)cc(N(c3ccc(-c4ccccc4)cc3)c3ccc(-c4ccc5sc6ccccc6c5c4)cc3)cc21. The molecule has 0 saturated heterocycles. The van der Waals surface area contributed by atoms with Crippen molar-refractivity contribution in [3.05, 3.63) is 199 Å². The van der Waals surface area contributed by atoms with Crippen LogP contribution in [0.3, 0.4) is 0 Å². The Hall–Kier alpha value is -6.22. The second kappa shape index (κ2) is 12.5. The van der Waals surface area contributed by atoms with Crippen LogP contribution in [-0.2, 0) is 5.41 Å². The Bertz CT molecular complexity index is 2780. The third kappa shape index (κ3) is 5.29. The van der Waals surface area contributed by atoms with Crippen LogP contribution >= 0.6 is 11.3 Å². The maximum Gasteiger partial charge on any atom is 0.0471 e. The summed E-state index contributed by atoms with van der Waals surface area (Å²) in [4.78, 5) is 2.43. The van der Waals surface area contributed by atoms with E-state index in [0.717, 1.165) is 17.1 Å². The quantitative estimate of drug-likeness (QED) is 0.167. The highest BCUT2D eigenvalue weighted by Gasteiger charge is 2.37. The minimum atomic E-state index is -0.150. The lowest BCUT2D eigenvalue weighted by Gasteiger charge is -2.29. The zero-order valence-electron chi connectivity index (χ0n) is 29.8. The standard InChI is InChI=1S/C51H37NS/c1-51(2)46-19-11-9-18-43(46)50-44(37-15-7-4-8-16-37)32-41(33-47(50)51)52(39-26-21-35(22-27-39)34-13-5-3-6-14-34)40-28-23-36(24-29-40)38-25-30-49-45(31-38)42-17-10-12-20-48(42)53-49/h3-33H,1-2H3. The Labute approximate surface area is 315 Å². The summed E-state index contributed by atoms with van der Waals surface area (Å²) in [5.41, 5.74) is 16.0. The van der Waals surface area contributed by atoms with E-state index in [1.807, 2.05) is 11.3 Å². The van der Waals surface area contributed by atoms with Gasteiger partial charge < -0.3 is 4.90 Å². The summed E-state index contributed by atoms with van der Waals surface area (Å²) < 4.78 is 2.66. The lowest BCUT2D eigenvalue weighted by molar-refractivity contribution is 0.660. The Morgan fingerprint density at radius 3 is 1.64 bits per heavy atom. The lowest BCUT2D eigenvalue weighted by atomic mass is 9.81. The van der Waals surface area contributed by atoms with Crippen molar-refractivity contribution in [3.63, 3.8) is 0 Å². The molecule has 0 aliphatic heterocycles. The fourth-order valence-corrected chi connectivity index (χ4v) is 9.45. The summed E-state index contributed by atoms with van der Waals surface area (Å²) in [6, 6.07) is 69.1. The number of nitrogens with zero attached hydrogens (tertiary/aromatic N) is 1. The molecule has 1 aliphatic rings. The molecule has 0 saturated carbocycles. The van der Waals surface area contributed by atoms with Crippen molar-refractivity contribution in [2.75, 3.05) is 4.90 Å². The highest BCUT2D eigenvalue weighted by molar-refractivity contribution is 7.25. The van der Waals surface area contributed by atoms with E-state index in [9.17, 15) is 0 Å². The van der Waals surface area contributed by atoms with Crippen molar-refractivity contribution < 1.29 is 0 Å². The van der Waals surface area contributed by atoms with Crippen molar-refractivity contribution in [1.82, 2.24) is 0 Å². The minimum absolute atomic E-state index is 0.150. The lowest BCUT2D eigenvalue weighted by Crippen LogP contribution is -2.17. The monoisotopic (exact) mass is 695 g/mol. The first-order valence-corrected chi connectivity index (χ1v) is 19.2. The highest BCUT2D eigenvalue weighted by atomic mass is 32.1. The van der Waals surface area contributed by atoms with Crippen molar-refractivity contribution >= 4 is 48.6 Å². The van der Waals surface area contributed by atoms with E-state index in [-0.39, 0.29) is 5.41 Å². The molecule has 0 spiro atoms. The fraction of sp³-hybridized carbons (Fsp3) is 0.0588. The predicted octanol–water partition coefficient (Wildman–Crippen LogP) is 14.8. The van der Waals surface area contributed by atoms with E-state index in [0.29, 0.717) is 0 Å². The number of fused-ring (bicyclic) bond motifs is 6. The summed E-state index contributed by atoms with van der Waals surface area (Å²) >= 11 is 1.86. The fourth-order valence-electron chi connectivity index (χ4n) is 8.37. The molecule has 2 heteroatoms. The normalized spacial score (nSPS) is 12.9. The van der Waals surface area contributed by atoms with Gasteiger partial charge in [0, 0.05) is 42.6 Å². The molecule has 0 bridgehead atoms. The van der Waals surface area contributed by atoms with E-state index in [1.54, 1.807) is 0 Å². The van der Waals surface area contributed by atoms with Gasteiger partial charge in [-0.25, -0.2) is 0 Å². The molecular formula is C51H37NS. The van der Waals surface area contributed by atoms with Gasteiger partial charge in [-0.3, -0.25) is 0 Å². The molecule has 0 unspecified atom stereocenters. The Balaban J connectivity index is 1.14. The van der Waals surface area contributed by atoms with Gasteiger partial charge in [0.1, 0.15) is 0 Å². The number of thiophene rings is 1. The molecule has 8 aromatic carbocycles. The Morgan fingerprint density at radius 2 is 0.925 bits per heavy atom. The largest absolute Gasteiger partial charge is 0.310 e. The van der Waals surface area contributed by atoms with E-state index in [1.165, 1.54) is 75.8 Å². The van der Waals surface area contributed by atoms with Gasteiger partial charge in [-0.1, -0.05) is 147 Å². The molecule has 0 amide bonds. The van der Waals surface area contributed by atoms with Crippen LogP contribution in [0, 0.1) is 0 Å². The van der Waals surface area contributed by atoms with Crippen molar-refractivity contribution in [2.45, 2.75) is 19.3 Å². The van der Waals surface area contributed by atoms with Crippen LogP contribution in [0.25, 0.3) is 64.7 Å². The minimum Gasteiger partial charge on any atom is -0.310 e. The van der Waals surface area contributed by atoms with Crippen molar-refractivity contribution in [3.8, 4) is 44.5 Å². The van der Waals surface area contributed by atoms with Crippen molar-refractivity contribution in [1.29, 1.82) is 0 Å². The number of benzene rings is 8. The molecule has 1 aliphatic carbocycles. The molecule has 10 rings (SSSR count). The Kier molecular flexibility index (Phi) is 7.42. The molecule has 0 fully saturated rings. The molecule has 1 aromatic heterocycles. The Morgan fingerprint density at radius 1 is 0.377 bits per heavy atom.